The lowest BCUT2D eigenvalue weighted by Gasteiger charge is -2.12. The van der Waals surface area contributed by atoms with E-state index in [1.54, 1.807) is 19.6 Å². The molecular formula is C22H24N8. The third-order valence-corrected chi connectivity index (χ3v) is 4.70. The number of aliphatic imine (C=N–C) groups is 1. The predicted octanol–water partition coefficient (Wildman–Crippen LogP) is 2.36. The van der Waals surface area contributed by atoms with Crippen molar-refractivity contribution in [1.29, 1.82) is 0 Å². The minimum Gasteiger partial charge on any atom is -0.356 e. The van der Waals surface area contributed by atoms with Crippen LogP contribution in [0.25, 0.3) is 11.4 Å². The molecule has 0 saturated carbocycles. The summed E-state index contributed by atoms with van der Waals surface area (Å²) < 4.78 is 3.81. The molecule has 0 atom stereocenters. The first-order chi connectivity index (χ1) is 14.8. The number of para-hydroxylation sites is 1. The molecule has 8 nitrogen and oxygen atoms in total. The second-order valence-electron chi connectivity index (χ2n) is 6.67. The predicted molar refractivity (Wildman–Crippen MR) is 117 cm³/mol. The van der Waals surface area contributed by atoms with Crippen LogP contribution in [0.4, 0.5) is 0 Å². The molecule has 4 rings (SSSR count). The number of nitrogens with zero attached hydrogens (tertiary/aromatic N) is 6. The molecule has 2 aromatic carbocycles. The van der Waals surface area contributed by atoms with Gasteiger partial charge in [0.25, 0.3) is 0 Å². The van der Waals surface area contributed by atoms with Crippen LogP contribution in [0.3, 0.4) is 0 Å². The van der Waals surface area contributed by atoms with E-state index in [4.69, 9.17) is 0 Å². The van der Waals surface area contributed by atoms with Crippen LogP contribution in [0.2, 0.25) is 0 Å². The first kappa shape index (κ1) is 19.4. The third-order valence-electron chi connectivity index (χ3n) is 4.70. The molecule has 0 bridgehead atoms. The highest BCUT2D eigenvalue weighted by molar-refractivity contribution is 5.79. The molecule has 0 aliphatic carbocycles. The Morgan fingerprint density at radius 3 is 2.53 bits per heavy atom. The van der Waals surface area contributed by atoms with Crippen molar-refractivity contribution in [2.45, 2.75) is 13.0 Å². The van der Waals surface area contributed by atoms with Crippen molar-refractivity contribution >= 4 is 5.96 Å². The van der Waals surface area contributed by atoms with Gasteiger partial charge in [-0.25, -0.2) is 4.68 Å². The van der Waals surface area contributed by atoms with E-state index in [-0.39, 0.29) is 0 Å². The number of benzene rings is 2. The van der Waals surface area contributed by atoms with Gasteiger partial charge in [0.15, 0.2) is 11.8 Å². The second kappa shape index (κ2) is 9.51. The van der Waals surface area contributed by atoms with Gasteiger partial charge in [-0.2, -0.15) is 5.10 Å². The average molecular weight is 400 g/mol. The lowest BCUT2D eigenvalue weighted by Crippen LogP contribution is -2.38. The highest BCUT2D eigenvalue weighted by Gasteiger charge is 2.07. The standard InChI is InChI=1S/C22H24N8/c1-23-22(25-16-21-28-26-17-29(21)19-6-3-2-4-7-19)24-14-12-18-8-10-20(11-9-18)30-15-5-13-27-30/h2-11,13,15,17H,12,14,16H2,1H3,(H2,23,24,25). The van der Waals surface area contributed by atoms with Gasteiger partial charge >= 0.3 is 0 Å². The van der Waals surface area contributed by atoms with Gasteiger partial charge in [-0.1, -0.05) is 30.3 Å². The van der Waals surface area contributed by atoms with Crippen LogP contribution in [-0.2, 0) is 13.0 Å². The number of nitrogens with one attached hydrogen (secondary N) is 2. The minimum absolute atomic E-state index is 0.521. The topological polar surface area (TPSA) is 84.9 Å². The maximum Gasteiger partial charge on any atom is 0.191 e. The van der Waals surface area contributed by atoms with Crippen molar-refractivity contribution < 1.29 is 0 Å². The van der Waals surface area contributed by atoms with Crippen molar-refractivity contribution in [2.75, 3.05) is 13.6 Å². The molecule has 0 fully saturated rings. The fourth-order valence-electron chi connectivity index (χ4n) is 3.13. The van der Waals surface area contributed by atoms with E-state index in [0.717, 1.165) is 36.1 Å². The van der Waals surface area contributed by atoms with Crippen molar-refractivity contribution in [3.8, 4) is 11.4 Å². The Hall–Kier alpha value is -3.94. The molecule has 8 heteroatoms. The van der Waals surface area contributed by atoms with Crippen LogP contribution in [0.5, 0.6) is 0 Å². The molecule has 4 aromatic rings. The normalized spacial score (nSPS) is 11.4. The molecule has 2 aromatic heterocycles. The van der Waals surface area contributed by atoms with Crippen LogP contribution < -0.4 is 10.6 Å². The second-order valence-corrected chi connectivity index (χ2v) is 6.67. The van der Waals surface area contributed by atoms with E-state index in [2.05, 4.69) is 55.2 Å². The van der Waals surface area contributed by atoms with Gasteiger partial charge in [0.05, 0.1) is 12.2 Å². The maximum atomic E-state index is 4.29. The first-order valence-corrected chi connectivity index (χ1v) is 9.81. The fraction of sp³-hybridized carbons (Fsp3) is 0.182. The molecule has 0 spiro atoms. The van der Waals surface area contributed by atoms with E-state index in [1.165, 1.54) is 5.56 Å². The van der Waals surface area contributed by atoms with Crippen LogP contribution in [0.1, 0.15) is 11.4 Å². The van der Waals surface area contributed by atoms with E-state index in [1.807, 2.05) is 51.8 Å². The van der Waals surface area contributed by atoms with Gasteiger partial charge in [-0.3, -0.25) is 9.56 Å². The number of guanidine groups is 1. The Labute approximate surface area is 175 Å². The SMILES string of the molecule is CN=C(NCCc1ccc(-n2cccn2)cc1)NCc1nncn1-c1ccccc1. The highest BCUT2D eigenvalue weighted by atomic mass is 15.3. The molecule has 2 N–H and O–H groups in total. The van der Waals surface area contributed by atoms with Crippen molar-refractivity contribution in [2.24, 2.45) is 4.99 Å². The van der Waals surface area contributed by atoms with Gasteiger partial charge in [0, 0.05) is 31.7 Å². The van der Waals surface area contributed by atoms with Gasteiger partial charge in [-0.05, 0) is 42.3 Å². The summed E-state index contributed by atoms with van der Waals surface area (Å²) in [6, 6.07) is 20.3. The maximum absolute atomic E-state index is 4.29. The molecule has 0 aliphatic rings. The zero-order valence-corrected chi connectivity index (χ0v) is 16.8. The Bertz CT molecular complexity index is 1070. The Morgan fingerprint density at radius 1 is 0.967 bits per heavy atom. The largest absolute Gasteiger partial charge is 0.356 e. The van der Waals surface area contributed by atoms with Crippen LogP contribution in [-0.4, -0.2) is 44.1 Å². The Morgan fingerprint density at radius 2 is 1.80 bits per heavy atom. The lowest BCUT2D eigenvalue weighted by atomic mass is 10.1. The van der Waals surface area contributed by atoms with Crippen molar-refractivity contribution in [3.63, 3.8) is 0 Å². The van der Waals surface area contributed by atoms with E-state index in [9.17, 15) is 0 Å². The van der Waals surface area contributed by atoms with Gasteiger partial charge in [0.1, 0.15) is 6.33 Å². The summed E-state index contributed by atoms with van der Waals surface area (Å²) in [6.07, 6.45) is 6.32. The first-order valence-electron chi connectivity index (χ1n) is 9.81. The van der Waals surface area contributed by atoms with Crippen LogP contribution >= 0.6 is 0 Å². The summed E-state index contributed by atoms with van der Waals surface area (Å²) in [6.45, 7) is 1.29. The van der Waals surface area contributed by atoms with Gasteiger partial charge in [0.2, 0.25) is 0 Å². The summed E-state index contributed by atoms with van der Waals surface area (Å²) in [7, 11) is 1.76. The summed E-state index contributed by atoms with van der Waals surface area (Å²) in [4.78, 5) is 4.29. The molecule has 152 valence electrons. The minimum atomic E-state index is 0.521. The number of hydrogen-bond donors (Lipinski definition) is 2. The fourth-order valence-corrected chi connectivity index (χ4v) is 3.13. The molecule has 0 amide bonds. The van der Waals surface area contributed by atoms with E-state index < -0.39 is 0 Å². The number of rotatable bonds is 7. The smallest absolute Gasteiger partial charge is 0.191 e. The summed E-state index contributed by atoms with van der Waals surface area (Å²) >= 11 is 0. The number of hydrogen-bond acceptors (Lipinski definition) is 4. The summed E-state index contributed by atoms with van der Waals surface area (Å²) in [5.74, 6) is 1.55. The van der Waals surface area contributed by atoms with Crippen molar-refractivity contribution in [3.05, 3.63) is 90.8 Å². The monoisotopic (exact) mass is 400 g/mol. The molecular weight excluding hydrogens is 376 g/mol. The Balaban J connectivity index is 1.27. The quantitative estimate of drug-likeness (QED) is 0.367. The van der Waals surface area contributed by atoms with Crippen molar-refractivity contribution in [1.82, 2.24) is 35.2 Å². The van der Waals surface area contributed by atoms with Gasteiger partial charge in [-0.15, -0.1) is 10.2 Å². The third kappa shape index (κ3) is 4.72. The highest BCUT2D eigenvalue weighted by Crippen LogP contribution is 2.09. The molecule has 0 unspecified atom stereocenters. The van der Waals surface area contributed by atoms with Crippen LogP contribution in [0.15, 0.2) is 84.4 Å². The zero-order valence-electron chi connectivity index (χ0n) is 16.8. The molecule has 2 heterocycles. The van der Waals surface area contributed by atoms with Crippen LogP contribution in [0, 0.1) is 0 Å². The molecule has 0 radical (unpaired) electrons. The summed E-state index contributed by atoms with van der Waals surface area (Å²) in [5.41, 5.74) is 3.33. The molecule has 0 aliphatic heterocycles. The number of aromatic nitrogens is 5. The van der Waals surface area contributed by atoms with Gasteiger partial charge < -0.3 is 10.6 Å². The lowest BCUT2D eigenvalue weighted by molar-refractivity contribution is 0.749. The molecule has 0 saturated heterocycles. The van der Waals surface area contributed by atoms with E-state index >= 15 is 0 Å². The average Bonchev–Trinajstić information content (AvgIpc) is 3.49. The van der Waals surface area contributed by atoms with E-state index in [0.29, 0.717) is 6.54 Å². The molecule has 30 heavy (non-hydrogen) atoms. The summed E-state index contributed by atoms with van der Waals surface area (Å²) in [5, 5.41) is 19.1. The Kier molecular flexibility index (Phi) is 6.14. The zero-order chi connectivity index (χ0) is 20.6.